The largest absolute Gasteiger partial charge is 0.381 e. The molecule has 0 spiro atoms. The molecule has 0 amide bonds. The molecule has 0 aliphatic carbocycles. The lowest BCUT2D eigenvalue weighted by Crippen LogP contribution is -2.43. The molecule has 1 heterocycles. The van der Waals surface area contributed by atoms with E-state index in [1.54, 1.807) is 0 Å². The summed E-state index contributed by atoms with van der Waals surface area (Å²) in [5.41, 5.74) is 0. The van der Waals surface area contributed by atoms with Gasteiger partial charge in [0.25, 0.3) is 0 Å². The van der Waals surface area contributed by atoms with E-state index in [-0.39, 0.29) is 0 Å². The van der Waals surface area contributed by atoms with Crippen LogP contribution in [0.25, 0.3) is 0 Å². The highest BCUT2D eigenvalue weighted by Gasteiger charge is 2.23. The Labute approximate surface area is 93.5 Å². The van der Waals surface area contributed by atoms with Gasteiger partial charge in [0.1, 0.15) is 0 Å². The van der Waals surface area contributed by atoms with Crippen LogP contribution in [0.15, 0.2) is 0 Å². The molecule has 1 aliphatic rings. The van der Waals surface area contributed by atoms with E-state index in [2.05, 4.69) is 19.2 Å². The highest BCUT2D eigenvalue weighted by Crippen LogP contribution is 2.17. The van der Waals surface area contributed by atoms with Crippen LogP contribution in [0.5, 0.6) is 0 Å². The van der Waals surface area contributed by atoms with Gasteiger partial charge in [-0.05, 0) is 31.7 Å². The molecule has 2 atom stereocenters. The van der Waals surface area contributed by atoms with Crippen molar-refractivity contribution < 1.29 is 9.47 Å². The highest BCUT2D eigenvalue weighted by atomic mass is 16.5. The predicted octanol–water partition coefficient (Wildman–Crippen LogP) is 1.82. The molecular weight excluding hydrogens is 190 g/mol. The molecule has 3 heteroatoms. The van der Waals surface area contributed by atoms with Gasteiger partial charge in [-0.3, -0.25) is 0 Å². The monoisotopic (exact) mass is 215 g/mol. The Balaban J connectivity index is 2.26. The number of likely N-dealkylation sites (N-methyl/N-ethyl adjacent to an activating group) is 1. The van der Waals surface area contributed by atoms with E-state index < -0.39 is 0 Å². The maximum Gasteiger partial charge on any atom is 0.0623 e. The van der Waals surface area contributed by atoms with Crippen LogP contribution in [0.3, 0.4) is 0 Å². The zero-order valence-electron chi connectivity index (χ0n) is 10.1. The molecule has 3 nitrogen and oxygen atoms in total. The van der Waals surface area contributed by atoms with Crippen molar-refractivity contribution in [2.24, 2.45) is 5.92 Å². The highest BCUT2D eigenvalue weighted by molar-refractivity contribution is 4.77. The molecule has 1 aliphatic heterocycles. The summed E-state index contributed by atoms with van der Waals surface area (Å²) < 4.78 is 11.2. The summed E-state index contributed by atoms with van der Waals surface area (Å²) in [6.45, 7) is 8.84. The summed E-state index contributed by atoms with van der Waals surface area (Å²) in [4.78, 5) is 0. The SMILES string of the molecule is CCCOCC(NCC)C1CCCOC1. The Kier molecular flexibility index (Phi) is 6.98. The molecule has 1 rings (SSSR count). The standard InChI is InChI=1S/C12H25NO2/c1-3-7-14-10-12(13-4-2)11-6-5-8-15-9-11/h11-13H,3-10H2,1-2H3. The van der Waals surface area contributed by atoms with E-state index in [9.17, 15) is 0 Å². The predicted molar refractivity (Wildman–Crippen MR) is 62.1 cm³/mol. The fourth-order valence-electron chi connectivity index (χ4n) is 2.06. The second kappa shape index (κ2) is 8.08. The van der Waals surface area contributed by atoms with Crippen LogP contribution in [0, 0.1) is 5.92 Å². The van der Waals surface area contributed by atoms with Gasteiger partial charge in [0.2, 0.25) is 0 Å². The Morgan fingerprint density at radius 3 is 2.93 bits per heavy atom. The normalized spacial score (nSPS) is 24.0. The van der Waals surface area contributed by atoms with Gasteiger partial charge in [-0.25, -0.2) is 0 Å². The maximum absolute atomic E-state index is 5.63. The molecular formula is C12H25NO2. The van der Waals surface area contributed by atoms with Crippen LogP contribution in [0.2, 0.25) is 0 Å². The summed E-state index contributed by atoms with van der Waals surface area (Å²) in [7, 11) is 0. The van der Waals surface area contributed by atoms with Crippen LogP contribution in [0.4, 0.5) is 0 Å². The summed E-state index contributed by atoms with van der Waals surface area (Å²) >= 11 is 0. The smallest absolute Gasteiger partial charge is 0.0623 e. The second-order valence-corrected chi connectivity index (χ2v) is 4.22. The third-order valence-electron chi connectivity index (χ3n) is 2.88. The van der Waals surface area contributed by atoms with Crippen molar-refractivity contribution in [2.45, 2.75) is 39.2 Å². The van der Waals surface area contributed by atoms with Gasteiger partial charge in [-0.2, -0.15) is 0 Å². The van der Waals surface area contributed by atoms with E-state index >= 15 is 0 Å². The minimum Gasteiger partial charge on any atom is -0.381 e. The first-order valence-electron chi connectivity index (χ1n) is 6.27. The van der Waals surface area contributed by atoms with E-state index in [4.69, 9.17) is 9.47 Å². The van der Waals surface area contributed by atoms with Crippen molar-refractivity contribution in [3.63, 3.8) is 0 Å². The van der Waals surface area contributed by atoms with Crippen molar-refractivity contribution in [1.29, 1.82) is 0 Å². The van der Waals surface area contributed by atoms with Crippen molar-refractivity contribution in [3.8, 4) is 0 Å². The average Bonchev–Trinajstić information content (AvgIpc) is 2.29. The van der Waals surface area contributed by atoms with E-state index in [1.165, 1.54) is 12.8 Å². The van der Waals surface area contributed by atoms with Crippen LogP contribution in [0.1, 0.15) is 33.1 Å². The average molecular weight is 215 g/mol. The lowest BCUT2D eigenvalue weighted by molar-refractivity contribution is 0.0150. The molecule has 1 saturated heterocycles. The van der Waals surface area contributed by atoms with Crippen LogP contribution in [-0.4, -0.2) is 39.0 Å². The zero-order valence-corrected chi connectivity index (χ0v) is 10.1. The van der Waals surface area contributed by atoms with Gasteiger partial charge in [0.15, 0.2) is 0 Å². The van der Waals surface area contributed by atoms with Gasteiger partial charge in [0, 0.05) is 19.3 Å². The van der Waals surface area contributed by atoms with Crippen molar-refractivity contribution in [3.05, 3.63) is 0 Å². The first kappa shape index (κ1) is 12.9. The van der Waals surface area contributed by atoms with Gasteiger partial charge in [-0.15, -0.1) is 0 Å². The molecule has 2 unspecified atom stereocenters. The van der Waals surface area contributed by atoms with Gasteiger partial charge >= 0.3 is 0 Å². The molecule has 15 heavy (non-hydrogen) atoms. The maximum atomic E-state index is 5.63. The summed E-state index contributed by atoms with van der Waals surface area (Å²) in [5, 5.41) is 3.51. The lowest BCUT2D eigenvalue weighted by Gasteiger charge is -2.30. The Morgan fingerprint density at radius 2 is 2.33 bits per heavy atom. The van der Waals surface area contributed by atoms with Crippen molar-refractivity contribution >= 4 is 0 Å². The first-order valence-corrected chi connectivity index (χ1v) is 6.27. The minimum absolute atomic E-state index is 0.474. The third kappa shape index (κ3) is 4.96. The quantitative estimate of drug-likeness (QED) is 0.657. The van der Waals surface area contributed by atoms with Gasteiger partial charge < -0.3 is 14.8 Å². The van der Waals surface area contributed by atoms with Gasteiger partial charge in [-0.1, -0.05) is 13.8 Å². The molecule has 90 valence electrons. The summed E-state index contributed by atoms with van der Waals surface area (Å²) in [6, 6.07) is 0.474. The Morgan fingerprint density at radius 1 is 1.47 bits per heavy atom. The molecule has 0 aromatic rings. The Hall–Kier alpha value is -0.120. The summed E-state index contributed by atoms with van der Waals surface area (Å²) in [6.07, 6.45) is 3.56. The van der Waals surface area contributed by atoms with Crippen LogP contribution < -0.4 is 5.32 Å². The number of hydrogen-bond donors (Lipinski definition) is 1. The zero-order chi connectivity index (χ0) is 10.9. The number of hydrogen-bond acceptors (Lipinski definition) is 3. The Bertz CT molecular complexity index is 147. The van der Waals surface area contributed by atoms with Crippen LogP contribution in [-0.2, 0) is 9.47 Å². The molecule has 1 fully saturated rings. The minimum atomic E-state index is 0.474. The van der Waals surface area contributed by atoms with Crippen LogP contribution >= 0.6 is 0 Å². The van der Waals surface area contributed by atoms with E-state index in [0.717, 1.165) is 39.4 Å². The van der Waals surface area contributed by atoms with E-state index in [0.29, 0.717) is 12.0 Å². The summed E-state index contributed by atoms with van der Waals surface area (Å²) in [5.74, 6) is 0.635. The topological polar surface area (TPSA) is 30.5 Å². The van der Waals surface area contributed by atoms with Gasteiger partial charge in [0.05, 0.1) is 13.2 Å². The fraction of sp³-hybridized carbons (Fsp3) is 1.00. The van der Waals surface area contributed by atoms with E-state index in [1.807, 2.05) is 0 Å². The lowest BCUT2D eigenvalue weighted by atomic mass is 9.94. The van der Waals surface area contributed by atoms with Crippen molar-refractivity contribution in [2.75, 3.05) is 33.0 Å². The first-order chi connectivity index (χ1) is 7.38. The molecule has 1 N–H and O–H groups in total. The fourth-order valence-corrected chi connectivity index (χ4v) is 2.06. The molecule has 0 radical (unpaired) electrons. The molecule has 0 aromatic carbocycles. The molecule has 0 bridgehead atoms. The third-order valence-corrected chi connectivity index (χ3v) is 2.88. The number of ether oxygens (including phenoxy) is 2. The number of rotatable bonds is 7. The second-order valence-electron chi connectivity index (χ2n) is 4.22. The van der Waals surface area contributed by atoms with Crippen molar-refractivity contribution in [1.82, 2.24) is 5.32 Å². The molecule has 0 saturated carbocycles. The number of nitrogens with one attached hydrogen (secondary N) is 1. The molecule has 0 aromatic heterocycles.